The number of carbonyl (C=O) groups excluding carboxylic acids is 1. The van der Waals surface area contributed by atoms with Gasteiger partial charge in [-0.3, -0.25) is 4.79 Å². The second kappa shape index (κ2) is 2.82. The molecule has 2 saturated carbocycles. The van der Waals surface area contributed by atoms with Gasteiger partial charge in [-0.15, -0.1) is 0 Å². The summed E-state index contributed by atoms with van der Waals surface area (Å²) >= 11 is 0. The Hall–Kier alpha value is -0.370. The summed E-state index contributed by atoms with van der Waals surface area (Å²) in [5, 5.41) is 0. The summed E-state index contributed by atoms with van der Waals surface area (Å²) in [5.41, 5.74) is 0.403. The molecule has 3 rings (SSSR count). The van der Waals surface area contributed by atoms with Gasteiger partial charge in [0.15, 0.2) is 5.78 Å². The van der Waals surface area contributed by atoms with Crippen LogP contribution in [0, 0.1) is 17.3 Å². The van der Waals surface area contributed by atoms with Crippen molar-refractivity contribution in [2.45, 2.75) is 45.1 Å². The van der Waals surface area contributed by atoms with Crippen molar-refractivity contribution in [1.29, 1.82) is 0 Å². The number of ether oxygens (including phenoxy) is 1. The molecule has 0 aromatic heterocycles. The molecule has 1 unspecified atom stereocenters. The molecule has 2 nitrogen and oxygen atoms in total. The molecule has 1 heterocycles. The van der Waals surface area contributed by atoms with Gasteiger partial charge in [0.25, 0.3) is 0 Å². The van der Waals surface area contributed by atoms with Gasteiger partial charge in [0.2, 0.25) is 0 Å². The molecule has 0 bridgehead atoms. The van der Waals surface area contributed by atoms with E-state index in [0.29, 0.717) is 23.0 Å². The number of fused-ring (bicyclic) bond motifs is 3. The highest BCUT2D eigenvalue weighted by Gasteiger charge is 2.68. The summed E-state index contributed by atoms with van der Waals surface area (Å²) in [6.07, 6.45) is 6.46. The molecule has 0 amide bonds. The van der Waals surface area contributed by atoms with E-state index in [1.807, 2.05) is 6.92 Å². The Kier molecular flexibility index (Phi) is 1.79. The van der Waals surface area contributed by atoms with Gasteiger partial charge in [-0.05, 0) is 31.1 Å². The van der Waals surface area contributed by atoms with Crippen molar-refractivity contribution in [1.82, 2.24) is 0 Å². The van der Waals surface area contributed by atoms with Crippen LogP contribution in [0.25, 0.3) is 0 Å². The summed E-state index contributed by atoms with van der Waals surface area (Å²) in [4.78, 5) is 11.9. The molecular weight excluding hydrogens is 176 g/mol. The smallest absolute Gasteiger partial charge is 0.165 e. The Morgan fingerprint density at radius 3 is 2.71 bits per heavy atom. The van der Waals surface area contributed by atoms with Crippen LogP contribution in [0.5, 0.6) is 0 Å². The third-order valence-electron chi connectivity index (χ3n) is 4.67. The molecule has 1 spiro atoms. The normalized spacial score (nSPS) is 44.9. The fourth-order valence-electron chi connectivity index (χ4n) is 3.80. The van der Waals surface area contributed by atoms with Gasteiger partial charge in [0.1, 0.15) is 6.10 Å². The molecule has 0 radical (unpaired) electrons. The summed E-state index contributed by atoms with van der Waals surface area (Å²) in [5.74, 6) is 1.36. The minimum atomic E-state index is -0.127. The molecular formula is C12H18O2. The minimum absolute atomic E-state index is 0.127. The van der Waals surface area contributed by atoms with Crippen LogP contribution in [0.4, 0.5) is 0 Å². The van der Waals surface area contributed by atoms with Crippen molar-refractivity contribution in [2.24, 2.45) is 17.3 Å². The van der Waals surface area contributed by atoms with Crippen molar-refractivity contribution >= 4 is 5.78 Å². The highest BCUT2D eigenvalue weighted by atomic mass is 16.5. The fourth-order valence-corrected chi connectivity index (χ4v) is 3.80. The van der Waals surface area contributed by atoms with Gasteiger partial charge in [0.05, 0.1) is 6.61 Å². The van der Waals surface area contributed by atoms with E-state index in [2.05, 4.69) is 0 Å². The van der Waals surface area contributed by atoms with E-state index in [-0.39, 0.29) is 6.10 Å². The van der Waals surface area contributed by atoms with E-state index < -0.39 is 0 Å². The molecule has 3 atom stereocenters. The molecule has 1 saturated heterocycles. The molecule has 0 aromatic carbocycles. The van der Waals surface area contributed by atoms with Crippen LogP contribution < -0.4 is 0 Å². The quantitative estimate of drug-likeness (QED) is 0.590. The summed E-state index contributed by atoms with van der Waals surface area (Å²) in [6, 6.07) is 0. The third-order valence-corrected chi connectivity index (χ3v) is 4.67. The van der Waals surface area contributed by atoms with E-state index in [0.717, 1.165) is 6.61 Å². The van der Waals surface area contributed by atoms with Crippen molar-refractivity contribution in [3.63, 3.8) is 0 Å². The maximum atomic E-state index is 11.9. The largest absolute Gasteiger partial charge is 0.370 e. The monoisotopic (exact) mass is 194 g/mol. The average Bonchev–Trinajstić information content (AvgIpc) is 2.82. The summed E-state index contributed by atoms with van der Waals surface area (Å²) in [7, 11) is 0. The number of ketones is 1. The van der Waals surface area contributed by atoms with Gasteiger partial charge in [-0.1, -0.05) is 19.3 Å². The van der Waals surface area contributed by atoms with E-state index in [4.69, 9.17) is 4.74 Å². The van der Waals surface area contributed by atoms with Crippen LogP contribution in [-0.2, 0) is 9.53 Å². The number of hydrogen-bond donors (Lipinski definition) is 0. The molecule has 1 aliphatic heterocycles. The SMILES string of the molecule is CC1OC[C@H]2[C@@H](C1=O)C21CCCCC1. The molecule has 0 N–H and O–H groups in total. The zero-order valence-corrected chi connectivity index (χ0v) is 8.79. The average molecular weight is 194 g/mol. The first-order chi connectivity index (χ1) is 6.76. The maximum Gasteiger partial charge on any atom is 0.165 e. The van der Waals surface area contributed by atoms with E-state index >= 15 is 0 Å². The van der Waals surface area contributed by atoms with Gasteiger partial charge >= 0.3 is 0 Å². The van der Waals surface area contributed by atoms with Crippen molar-refractivity contribution in [3.05, 3.63) is 0 Å². The molecule has 2 heteroatoms. The minimum Gasteiger partial charge on any atom is -0.370 e. The Balaban J connectivity index is 1.82. The summed E-state index contributed by atoms with van der Waals surface area (Å²) in [6.45, 7) is 2.75. The number of hydrogen-bond acceptors (Lipinski definition) is 2. The zero-order chi connectivity index (χ0) is 9.76. The first-order valence-electron chi connectivity index (χ1n) is 5.91. The van der Waals surface area contributed by atoms with Crippen LogP contribution in [0.2, 0.25) is 0 Å². The Bertz CT molecular complexity index is 265. The Morgan fingerprint density at radius 1 is 1.29 bits per heavy atom. The molecule has 3 fully saturated rings. The van der Waals surface area contributed by atoms with Crippen LogP contribution >= 0.6 is 0 Å². The van der Waals surface area contributed by atoms with E-state index in [1.165, 1.54) is 32.1 Å². The zero-order valence-electron chi connectivity index (χ0n) is 8.79. The third kappa shape index (κ3) is 0.979. The highest BCUT2D eigenvalue weighted by molar-refractivity contribution is 5.90. The van der Waals surface area contributed by atoms with Gasteiger partial charge in [-0.2, -0.15) is 0 Å². The van der Waals surface area contributed by atoms with Crippen molar-refractivity contribution in [3.8, 4) is 0 Å². The van der Waals surface area contributed by atoms with E-state index in [9.17, 15) is 4.79 Å². The maximum absolute atomic E-state index is 11.9. The lowest BCUT2D eigenvalue weighted by Crippen LogP contribution is -2.29. The molecule has 0 aromatic rings. The van der Waals surface area contributed by atoms with Crippen LogP contribution in [0.3, 0.4) is 0 Å². The van der Waals surface area contributed by atoms with Gasteiger partial charge in [0, 0.05) is 5.92 Å². The van der Waals surface area contributed by atoms with Gasteiger partial charge < -0.3 is 4.74 Å². The molecule has 78 valence electrons. The molecule has 14 heavy (non-hydrogen) atoms. The fraction of sp³-hybridized carbons (Fsp3) is 0.917. The topological polar surface area (TPSA) is 26.3 Å². The van der Waals surface area contributed by atoms with Gasteiger partial charge in [-0.25, -0.2) is 0 Å². The first-order valence-corrected chi connectivity index (χ1v) is 5.91. The lowest BCUT2D eigenvalue weighted by atomic mass is 9.82. The van der Waals surface area contributed by atoms with Crippen molar-refractivity contribution < 1.29 is 9.53 Å². The Morgan fingerprint density at radius 2 is 2.00 bits per heavy atom. The standard InChI is InChI=1S/C12H18O2/c1-8-11(13)10-9(7-14-8)12(10)5-3-2-4-6-12/h8-10H,2-7H2,1H3/t8?,9-,10-/m0/s1. The second-order valence-corrected chi connectivity index (χ2v) is 5.26. The van der Waals surface area contributed by atoms with Crippen LogP contribution in [-0.4, -0.2) is 18.5 Å². The second-order valence-electron chi connectivity index (χ2n) is 5.26. The first kappa shape index (κ1) is 8.90. The number of carbonyl (C=O) groups is 1. The van der Waals surface area contributed by atoms with Crippen LogP contribution in [0.15, 0.2) is 0 Å². The predicted molar refractivity (Wildman–Crippen MR) is 52.9 cm³/mol. The van der Waals surface area contributed by atoms with Crippen molar-refractivity contribution in [2.75, 3.05) is 6.61 Å². The Labute approximate surface area is 85.0 Å². The summed E-state index contributed by atoms with van der Waals surface area (Å²) < 4.78 is 5.52. The van der Waals surface area contributed by atoms with Crippen LogP contribution in [0.1, 0.15) is 39.0 Å². The number of Topliss-reactive ketones (excluding diaryl/α,β-unsaturated/α-hetero) is 1. The molecule has 3 aliphatic rings. The lowest BCUT2D eigenvalue weighted by Gasteiger charge is -2.22. The molecule has 2 aliphatic carbocycles. The predicted octanol–water partition coefficient (Wildman–Crippen LogP) is 2.17. The number of rotatable bonds is 0. The highest BCUT2D eigenvalue weighted by Crippen LogP contribution is 2.68. The van der Waals surface area contributed by atoms with E-state index in [1.54, 1.807) is 0 Å². The lowest BCUT2D eigenvalue weighted by molar-refractivity contribution is -0.135.